The molecule has 0 radical (unpaired) electrons. The Kier molecular flexibility index (Phi) is 4.42. The zero-order valence-electron chi connectivity index (χ0n) is 14.4. The molecule has 1 aromatic carbocycles. The van der Waals surface area contributed by atoms with E-state index in [9.17, 15) is 9.35 Å². The summed E-state index contributed by atoms with van der Waals surface area (Å²) in [7, 11) is 1.87. The Bertz CT molecular complexity index is 768. The second kappa shape index (κ2) is 6.11. The molecular formula is C18H22N2O3S. The third kappa shape index (κ3) is 2.84. The number of pyridine rings is 1. The standard InChI is InChI=1S/C18H22N2O3S/c1-17(2,3)24(22)20(4)18(11-23-12-18)16-8-6-14-9-13(10-21)5-7-15(14)19-16/h5-10H,11-12H2,1-4H3. The first-order valence-corrected chi connectivity index (χ1v) is 8.99. The first-order valence-electron chi connectivity index (χ1n) is 7.88. The normalized spacial score (nSPS) is 18.4. The molecule has 3 rings (SSSR count). The van der Waals surface area contributed by atoms with E-state index in [1.807, 2.05) is 56.4 Å². The van der Waals surface area contributed by atoms with Gasteiger partial charge in [-0.2, -0.15) is 0 Å². The zero-order valence-corrected chi connectivity index (χ0v) is 15.2. The van der Waals surface area contributed by atoms with Crippen LogP contribution in [0.15, 0.2) is 30.3 Å². The molecule has 1 aliphatic heterocycles. The number of ether oxygens (including phenoxy) is 1. The van der Waals surface area contributed by atoms with Gasteiger partial charge in [-0.15, -0.1) is 4.31 Å². The van der Waals surface area contributed by atoms with Gasteiger partial charge in [0.25, 0.3) is 0 Å². The number of benzene rings is 1. The highest BCUT2D eigenvalue weighted by Crippen LogP contribution is 2.39. The number of hydrogen-bond acceptors (Lipinski definition) is 5. The van der Waals surface area contributed by atoms with Gasteiger partial charge in [0.05, 0.1) is 24.4 Å². The molecule has 24 heavy (non-hydrogen) atoms. The molecule has 0 saturated carbocycles. The van der Waals surface area contributed by atoms with Crippen molar-refractivity contribution in [2.75, 3.05) is 20.3 Å². The molecule has 0 amide bonds. The minimum absolute atomic E-state index is 0.354. The van der Waals surface area contributed by atoms with Gasteiger partial charge in [-0.25, -0.2) is 0 Å². The first kappa shape index (κ1) is 17.4. The molecule has 1 fully saturated rings. The number of hydrogen-bond donors (Lipinski definition) is 0. The van der Waals surface area contributed by atoms with Crippen LogP contribution in [0.25, 0.3) is 10.9 Å². The largest absolute Gasteiger partial charge is 0.597 e. The van der Waals surface area contributed by atoms with E-state index >= 15 is 0 Å². The van der Waals surface area contributed by atoms with Crippen molar-refractivity contribution in [1.29, 1.82) is 0 Å². The van der Waals surface area contributed by atoms with E-state index in [2.05, 4.69) is 0 Å². The van der Waals surface area contributed by atoms with Gasteiger partial charge in [-0.05, 0) is 45.0 Å². The Labute approximate surface area is 145 Å². The van der Waals surface area contributed by atoms with Crippen molar-refractivity contribution in [1.82, 2.24) is 9.29 Å². The van der Waals surface area contributed by atoms with Gasteiger partial charge < -0.3 is 9.29 Å². The van der Waals surface area contributed by atoms with E-state index in [1.165, 1.54) is 0 Å². The summed E-state index contributed by atoms with van der Waals surface area (Å²) in [6.07, 6.45) is 0.828. The molecule has 5 nitrogen and oxygen atoms in total. The number of rotatable bonds is 4. The maximum Gasteiger partial charge on any atom is 0.154 e. The smallest absolute Gasteiger partial charge is 0.154 e. The van der Waals surface area contributed by atoms with Crippen LogP contribution in [-0.4, -0.2) is 45.1 Å². The van der Waals surface area contributed by atoms with Crippen molar-refractivity contribution in [3.8, 4) is 0 Å². The van der Waals surface area contributed by atoms with E-state index in [0.29, 0.717) is 18.8 Å². The van der Waals surface area contributed by atoms with Crippen molar-refractivity contribution >= 4 is 28.6 Å². The van der Waals surface area contributed by atoms with Crippen molar-refractivity contribution in [2.24, 2.45) is 0 Å². The number of aromatic nitrogens is 1. The third-order valence-corrected chi connectivity index (χ3v) is 6.28. The lowest BCUT2D eigenvalue weighted by Crippen LogP contribution is -2.62. The minimum atomic E-state index is -1.17. The van der Waals surface area contributed by atoms with Gasteiger partial charge in [0.2, 0.25) is 0 Å². The van der Waals surface area contributed by atoms with E-state index < -0.39 is 16.9 Å². The lowest BCUT2D eigenvalue weighted by Gasteiger charge is -2.48. The lowest BCUT2D eigenvalue weighted by atomic mass is 9.92. The molecule has 0 aliphatic carbocycles. The SMILES string of the molecule is CN([S+]([O-])C(C)(C)C)C1(c2ccc3cc(C=O)ccc3n2)COC1. The second-order valence-corrected chi connectivity index (χ2v) is 9.42. The number of aldehydes is 1. The van der Waals surface area contributed by atoms with Crippen LogP contribution in [-0.2, 0) is 21.6 Å². The molecule has 2 heterocycles. The molecule has 1 aliphatic rings. The van der Waals surface area contributed by atoms with Gasteiger partial charge in [0.15, 0.2) is 5.54 Å². The van der Waals surface area contributed by atoms with Crippen molar-refractivity contribution < 1.29 is 14.1 Å². The summed E-state index contributed by atoms with van der Waals surface area (Å²) < 4.78 is 19.8. The van der Waals surface area contributed by atoms with Gasteiger partial charge >= 0.3 is 0 Å². The van der Waals surface area contributed by atoms with Crippen LogP contribution in [0.2, 0.25) is 0 Å². The first-order chi connectivity index (χ1) is 11.3. The number of fused-ring (bicyclic) bond motifs is 1. The highest BCUT2D eigenvalue weighted by atomic mass is 32.2. The van der Waals surface area contributed by atoms with Crippen molar-refractivity contribution in [3.63, 3.8) is 0 Å². The Morgan fingerprint density at radius 2 is 2.00 bits per heavy atom. The molecule has 0 bridgehead atoms. The highest BCUT2D eigenvalue weighted by molar-refractivity contribution is 7.90. The number of likely N-dealkylation sites (N-methyl/N-ethyl adjacent to an activating group) is 1. The average Bonchev–Trinajstić information content (AvgIpc) is 2.51. The molecule has 1 atom stereocenters. The molecule has 1 saturated heterocycles. The van der Waals surface area contributed by atoms with Gasteiger partial charge in [-0.1, -0.05) is 6.07 Å². The molecule has 0 spiro atoms. The van der Waals surface area contributed by atoms with E-state index in [-0.39, 0.29) is 4.75 Å². The summed E-state index contributed by atoms with van der Waals surface area (Å²) >= 11 is -1.17. The molecule has 2 aromatic rings. The van der Waals surface area contributed by atoms with Crippen LogP contribution in [0.4, 0.5) is 0 Å². The molecule has 6 heteroatoms. The summed E-state index contributed by atoms with van der Waals surface area (Å²) in [5.41, 5.74) is 1.82. The van der Waals surface area contributed by atoms with E-state index in [0.717, 1.165) is 22.9 Å². The Morgan fingerprint density at radius 1 is 1.29 bits per heavy atom. The Balaban J connectivity index is 2.01. The van der Waals surface area contributed by atoms with Crippen LogP contribution in [0.1, 0.15) is 36.8 Å². The monoisotopic (exact) mass is 346 g/mol. The fraction of sp³-hybridized carbons (Fsp3) is 0.444. The fourth-order valence-corrected chi connectivity index (χ4v) is 4.17. The maximum absolute atomic E-state index is 12.8. The summed E-state index contributed by atoms with van der Waals surface area (Å²) in [4.78, 5) is 15.7. The molecule has 1 unspecified atom stereocenters. The minimum Gasteiger partial charge on any atom is -0.597 e. The zero-order chi connectivity index (χ0) is 17.5. The Hall–Kier alpha value is -1.47. The predicted octanol–water partition coefficient (Wildman–Crippen LogP) is 2.67. The van der Waals surface area contributed by atoms with Crippen LogP contribution in [0.3, 0.4) is 0 Å². The quantitative estimate of drug-likeness (QED) is 0.629. The van der Waals surface area contributed by atoms with Crippen molar-refractivity contribution in [2.45, 2.75) is 31.1 Å². The van der Waals surface area contributed by atoms with Gasteiger partial charge in [0.1, 0.15) is 11.0 Å². The fourth-order valence-electron chi connectivity index (χ4n) is 2.83. The molecule has 128 valence electrons. The van der Waals surface area contributed by atoms with Crippen LogP contribution in [0.5, 0.6) is 0 Å². The van der Waals surface area contributed by atoms with Crippen LogP contribution >= 0.6 is 0 Å². The summed E-state index contributed by atoms with van der Waals surface area (Å²) in [5.74, 6) is 0. The number of carbonyl (C=O) groups is 1. The highest BCUT2D eigenvalue weighted by Gasteiger charge is 2.53. The predicted molar refractivity (Wildman–Crippen MR) is 95.3 cm³/mol. The van der Waals surface area contributed by atoms with Crippen molar-refractivity contribution in [3.05, 3.63) is 41.6 Å². The second-order valence-electron chi connectivity index (χ2n) is 7.15. The Morgan fingerprint density at radius 3 is 2.54 bits per heavy atom. The summed E-state index contributed by atoms with van der Waals surface area (Å²) in [6, 6.07) is 9.32. The number of carbonyl (C=O) groups excluding carboxylic acids is 1. The third-order valence-electron chi connectivity index (χ3n) is 4.38. The topological polar surface area (TPSA) is 65.5 Å². The van der Waals surface area contributed by atoms with E-state index in [1.54, 1.807) is 6.07 Å². The number of nitrogens with zero attached hydrogens (tertiary/aromatic N) is 2. The van der Waals surface area contributed by atoms with Gasteiger partial charge in [-0.3, -0.25) is 9.78 Å². The molecule has 1 aromatic heterocycles. The average molecular weight is 346 g/mol. The van der Waals surface area contributed by atoms with Gasteiger partial charge in [0, 0.05) is 29.4 Å². The maximum atomic E-state index is 12.8. The summed E-state index contributed by atoms with van der Waals surface area (Å²) in [6.45, 7) is 6.82. The van der Waals surface area contributed by atoms with Crippen LogP contribution < -0.4 is 0 Å². The van der Waals surface area contributed by atoms with Crippen LogP contribution in [0, 0.1) is 0 Å². The van der Waals surface area contributed by atoms with E-state index in [4.69, 9.17) is 9.72 Å². The molecular weight excluding hydrogens is 324 g/mol. The summed E-state index contributed by atoms with van der Waals surface area (Å²) in [5, 5.41) is 0.915. The lowest BCUT2D eigenvalue weighted by molar-refractivity contribution is -0.113. The molecule has 0 N–H and O–H groups in total.